The van der Waals surface area contributed by atoms with Crippen molar-refractivity contribution in [1.82, 2.24) is 0 Å². The molecule has 2 aromatic rings. The van der Waals surface area contributed by atoms with Crippen LogP contribution in [0, 0.1) is 11.3 Å². The van der Waals surface area contributed by atoms with Crippen molar-refractivity contribution >= 4 is 11.6 Å². The molecule has 1 amide bonds. The van der Waals surface area contributed by atoms with Gasteiger partial charge in [0.15, 0.2) is 6.10 Å². The number of anilines is 1. The minimum Gasteiger partial charge on any atom is -0.480 e. The molecule has 0 aliphatic rings. The number of ether oxygens (including phenoxy) is 1. The number of nitrogens with zero attached hydrogens (tertiary/aromatic N) is 1. The lowest BCUT2D eigenvalue weighted by atomic mass is 9.97. The normalized spacial score (nSPS) is 12.8. The van der Waals surface area contributed by atoms with Crippen LogP contribution in [0.1, 0.15) is 44.2 Å². The molecule has 1 N–H and O–H groups in total. The van der Waals surface area contributed by atoms with E-state index in [4.69, 9.17) is 10.00 Å². The van der Waals surface area contributed by atoms with Gasteiger partial charge in [-0.2, -0.15) is 5.26 Å². The fourth-order valence-corrected chi connectivity index (χ4v) is 2.40. The zero-order chi connectivity index (χ0) is 17.5. The molecule has 0 aromatic heterocycles. The lowest BCUT2D eigenvalue weighted by Gasteiger charge is -2.19. The minimum atomic E-state index is -0.704. The summed E-state index contributed by atoms with van der Waals surface area (Å²) < 4.78 is 5.66. The summed E-state index contributed by atoms with van der Waals surface area (Å²) in [6.45, 7) is 5.93. The van der Waals surface area contributed by atoms with Gasteiger partial charge in [0.05, 0.1) is 5.56 Å². The monoisotopic (exact) mass is 322 g/mol. The molecule has 0 unspecified atom stereocenters. The maximum Gasteiger partial charge on any atom is 0.265 e. The number of amides is 1. The largest absolute Gasteiger partial charge is 0.480 e. The number of carbonyl (C=O) groups excluding carboxylic acids is 1. The zero-order valence-electron chi connectivity index (χ0n) is 14.2. The Morgan fingerprint density at radius 2 is 1.83 bits per heavy atom. The van der Waals surface area contributed by atoms with Gasteiger partial charge in [-0.25, -0.2) is 0 Å². The van der Waals surface area contributed by atoms with Crippen LogP contribution in [-0.2, 0) is 4.79 Å². The number of nitriles is 1. The van der Waals surface area contributed by atoms with Gasteiger partial charge in [0.1, 0.15) is 11.8 Å². The van der Waals surface area contributed by atoms with Crippen molar-refractivity contribution in [2.45, 2.75) is 39.2 Å². The molecule has 0 fully saturated rings. The topological polar surface area (TPSA) is 62.1 Å². The number of hydrogen-bond donors (Lipinski definition) is 1. The van der Waals surface area contributed by atoms with E-state index in [1.807, 2.05) is 24.3 Å². The molecule has 124 valence electrons. The van der Waals surface area contributed by atoms with Crippen LogP contribution in [0.4, 0.5) is 5.69 Å². The summed E-state index contributed by atoms with van der Waals surface area (Å²) >= 11 is 0. The van der Waals surface area contributed by atoms with Gasteiger partial charge in [-0.3, -0.25) is 4.79 Å². The van der Waals surface area contributed by atoms with Gasteiger partial charge >= 0.3 is 0 Å². The van der Waals surface area contributed by atoms with Gasteiger partial charge in [0.25, 0.3) is 5.91 Å². The number of hydrogen-bond acceptors (Lipinski definition) is 3. The van der Waals surface area contributed by atoms with Crippen molar-refractivity contribution < 1.29 is 9.53 Å². The fourth-order valence-electron chi connectivity index (χ4n) is 2.40. The number of benzene rings is 2. The van der Waals surface area contributed by atoms with Crippen LogP contribution in [-0.4, -0.2) is 12.0 Å². The van der Waals surface area contributed by atoms with Crippen molar-refractivity contribution in [3.05, 3.63) is 59.7 Å². The van der Waals surface area contributed by atoms with Crippen LogP contribution in [0.5, 0.6) is 5.75 Å². The summed E-state index contributed by atoms with van der Waals surface area (Å²) in [6.07, 6.45) is 0.290. The molecule has 0 spiro atoms. The first-order valence-electron chi connectivity index (χ1n) is 8.12. The van der Waals surface area contributed by atoms with E-state index in [1.165, 1.54) is 0 Å². The van der Waals surface area contributed by atoms with Crippen molar-refractivity contribution in [3.8, 4) is 11.8 Å². The molecule has 4 nitrogen and oxygen atoms in total. The highest BCUT2D eigenvalue weighted by Gasteiger charge is 2.18. The van der Waals surface area contributed by atoms with Crippen molar-refractivity contribution in [1.29, 1.82) is 5.26 Å². The summed E-state index contributed by atoms with van der Waals surface area (Å²) in [5.41, 5.74) is 2.33. The number of para-hydroxylation sites is 2. The van der Waals surface area contributed by atoms with Gasteiger partial charge in [0, 0.05) is 5.69 Å². The van der Waals surface area contributed by atoms with E-state index >= 15 is 0 Å². The van der Waals surface area contributed by atoms with Gasteiger partial charge in [0.2, 0.25) is 0 Å². The predicted octanol–water partition coefficient (Wildman–Crippen LogP) is 4.48. The third-order valence-electron chi connectivity index (χ3n) is 4.04. The lowest BCUT2D eigenvalue weighted by Crippen LogP contribution is -2.30. The van der Waals surface area contributed by atoms with E-state index in [2.05, 4.69) is 25.2 Å². The highest BCUT2D eigenvalue weighted by Crippen LogP contribution is 2.27. The SMILES string of the molecule is CC[C@H](C)c1ccccc1NC(=O)[C@H](C)Oc1ccccc1C#N. The summed E-state index contributed by atoms with van der Waals surface area (Å²) in [5.74, 6) is 0.536. The molecule has 0 saturated heterocycles. The summed E-state index contributed by atoms with van der Waals surface area (Å²) in [7, 11) is 0. The average molecular weight is 322 g/mol. The molecule has 0 aliphatic heterocycles. The molecule has 2 atom stereocenters. The maximum atomic E-state index is 12.5. The molecular weight excluding hydrogens is 300 g/mol. The molecule has 0 saturated carbocycles. The Labute approximate surface area is 143 Å². The van der Waals surface area contributed by atoms with E-state index in [0.717, 1.165) is 17.7 Å². The second-order valence-corrected chi connectivity index (χ2v) is 5.75. The first-order valence-corrected chi connectivity index (χ1v) is 8.12. The Morgan fingerprint density at radius 1 is 1.17 bits per heavy atom. The molecule has 0 bridgehead atoms. The van der Waals surface area contributed by atoms with Crippen molar-refractivity contribution in [2.24, 2.45) is 0 Å². The Morgan fingerprint density at radius 3 is 2.54 bits per heavy atom. The van der Waals surface area contributed by atoms with Crippen LogP contribution in [0.15, 0.2) is 48.5 Å². The molecule has 2 aromatic carbocycles. The fraction of sp³-hybridized carbons (Fsp3) is 0.300. The first kappa shape index (κ1) is 17.6. The zero-order valence-corrected chi connectivity index (χ0v) is 14.2. The van der Waals surface area contributed by atoms with E-state index in [0.29, 0.717) is 17.2 Å². The summed E-state index contributed by atoms with van der Waals surface area (Å²) in [6, 6.07) is 16.8. The Bertz CT molecular complexity index is 749. The highest BCUT2D eigenvalue weighted by molar-refractivity contribution is 5.94. The average Bonchev–Trinajstić information content (AvgIpc) is 2.61. The molecule has 24 heavy (non-hydrogen) atoms. The maximum absolute atomic E-state index is 12.5. The van der Waals surface area contributed by atoms with Crippen molar-refractivity contribution in [3.63, 3.8) is 0 Å². The predicted molar refractivity (Wildman–Crippen MR) is 95.0 cm³/mol. The van der Waals surface area contributed by atoms with Crippen molar-refractivity contribution in [2.75, 3.05) is 5.32 Å². The third kappa shape index (κ3) is 4.14. The van der Waals surface area contributed by atoms with Crippen LogP contribution >= 0.6 is 0 Å². The smallest absolute Gasteiger partial charge is 0.265 e. The van der Waals surface area contributed by atoms with Crippen LogP contribution < -0.4 is 10.1 Å². The molecule has 2 rings (SSSR count). The molecule has 0 radical (unpaired) electrons. The van der Waals surface area contributed by atoms with Crippen LogP contribution in [0.3, 0.4) is 0 Å². The highest BCUT2D eigenvalue weighted by atomic mass is 16.5. The molecule has 0 heterocycles. The van der Waals surface area contributed by atoms with Gasteiger partial charge in [-0.05, 0) is 43.0 Å². The standard InChI is InChI=1S/C20H22N2O2/c1-4-14(2)17-10-6-7-11-18(17)22-20(23)15(3)24-19-12-8-5-9-16(19)13-21/h5-12,14-15H,4H2,1-3H3,(H,22,23)/t14-,15-/m0/s1. The number of rotatable bonds is 6. The summed E-state index contributed by atoms with van der Waals surface area (Å²) in [4.78, 5) is 12.5. The van der Waals surface area contributed by atoms with Gasteiger partial charge in [-0.15, -0.1) is 0 Å². The van der Waals surface area contributed by atoms with Crippen LogP contribution in [0.2, 0.25) is 0 Å². The van der Waals surface area contributed by atoms with Gasteiger partial charge in [-0.1, -0.05) is 44.2 Å². The Balaban J connectivity index is 2.12. The number of nitrogens with one attached hydrogen (secondary N) is 1. The van der Waals surface area contributed by atoms with E-state index in [-0.39, 0.29) is 5.91 Å². The molecule has 0 aliphatic carbocycles. The quantitative estimate of drug-likeness (QED) is 0.853. The van der Waals surface area contributed by atoms with Gasteiger partial charge < -0.3 is 10.1 Å². The van der Waals surface area contributed by atoms with E-state index in [9.17, 15) is 4.79 Å². The summed E-state index contributed by atoms with van der Waals surface area (Å²) in [5, 5.41) is 12.0. The Hall–Kier alpha value is -2.80. The molecule has 4 heteroatoms. The Kier molecular flexibility index (Phi) is 5.97. The molecular formula is C20H22N2O2. The number of carbonyl (C=O) groups is 1. The second-order valence-electron chi connectivity index (χ2n) is 5.75. The van der Waals surface area contributed by atoms with Crippen LogP contribution in [0.25, 0.3) is 0 Å². The first-order chi connectivity index (χ1) is 11.6. The lowest BCUT2D eigenvalue weighted by molar-refractivity contribution is -0.122. The van der Waals surface area contributed by atoms with E-state index < -0.39 is 6.10 Å². The van der Waals surface area contributed by atoms with E-state index in [1.54, 1.807) is 31.2 Å². The second kappa shape index (κ2) is 8.16. The minimum absolute atomic E-state index is 0.238. The third-order valence-corrected chi connectivity index (χ3v) is 4.04.